The number of hydrogen-bond donors (Lipinski definition) is 2. The van der Waals surface area contributed by atoms with E-state index in [2.05, 4.69) is 17.6 Å². The molecule has 4 nitrogen and oxygen atoms in total. The molecule has 0 aliphatic carbocycles. The summed E-state index contributed by atoms with van der Waals surface area (Å²) in [6, 6.07) is 0.420. The molecule has 0 bridgehead atoms. The van der Waals surface area contributed by atoms with Crippen molar-refractivity contribution < 1.29 is 9.59 Å². The first-order valence-corrected chi connectivity index (χ1v) is 7.88. The summed E-state index contributed by atoms with van der Waals surface area (Å²) in [5.41, 5.74) is 0. The fourth-order valence-electron chi connectivity index (χ4n) is 1.83. The molecule has 0 aliphatic heterocycles. The highest BCUT2D eigenvalue weighted by Gasteiger charge is 2.15. The van der Waals surface area contributed by atoms with Crippen LogP contribution in [-0.4, -0.2) is 23.9 Å². The molecule has 0 heterocycles. The normalized spacial score (nSPS) is 15.6. The van der Waals surface area contributed by atoms with Gasteiger partial charge in [-0.05, 0) is 33.1 Å². The van der Waals surface area contributed by atoms with Crippen molar-refractivity contribution in [1.82, 2.24) is 10.6 Å². The lowest BCUT2D eigenvalue weighted by atomic mass is 10.0. The van der Waals surface area contributed by atoms with Crippen molar-refractivity contribution >= 4 is 11.8 Å². The van der Waals surface area contributed by atoms with E-state index >= 15 is 0 Å². The van der Waals surface area contributed by atoms with Crippen LogP contribution < -0.4 is 10.6 Å². The molecule has 0 aromatic rings. The highest BCUT2D eigenvalue weighted by Crippen LogP contribution is 2.10. The van der Waals surface area contributed by atoms with Crippen molar-refractivity contribution in [2.75, 3.05) is 0 Å². The van der Waals surface area contributed by atoms with E-state index in [4.69, 9.17) is 0 Å². The average molecular weight is 284 g/mol. The Kier molecular flexibility index (Phi) is 9.26. The van der Waals surface area contributed by atoms with Crippen LogP contribution >= 0.6 is 0 Å². The largest absolute Gasteiger partial charge is 0.353 e. The second-order valence-corrected chi connectivity index (χ2v) is 6.21. The first-order valence-electron chi connectivity index (χ1n) is 7.88. The molecule has 3 atom stereocenters. The van der Waals surface area contributed by atoms with Crippen molar-refractivity contribution in [1.29, 1.82) is 0 Å². The van der Waals surface area contributed by atoms with Gasteiger partial charge in [0.15, 0.2) is 0 Å². The number of carbonyl (C=O) groups excluding carboxylic acids is 2. The van der Waals surface area contributed by atoms with E-state index < -0.39 is 0 Å². The van der Waals surface area contributed by atoms with Gasteiger partial charge in [-0.3, -0.25) is 9.59 Å². The summed E-state index contributed by atoms with van der Waals surface area (Å²) >= 11 is 0. The minimum absolute atomic E-state index is 0.0256. The Morgan fingerprint density at radius 1 is 0.850 bits per heavy atom. The monoisotopic (exact) mass is 284 g/mol. The molecule has 0 aliphatic rings. The van der Waals surface area contributed by atoms with Crippen LogP contribution in [0.25, 0.3) is 0 Å². The highest BCUT2D eigenvalue weighted by atomic mass is 16.2. The molecule has 0 saturated carbocycles. The molecule has 0 spiro atoms. The van der Waals surface area contributed by atoms with Gasteiger partial charge >= 0.3 is 0 Å². The Balaban J connectivity index is 3.88. The van der Waals surface area contributed by atoms with Gasteiger partial charge in [-0.25, -0.2) is 0 Å². The molecule has 1 unspecified atom stereocenters. The molecular weight excluding hydrogens is 252 g/mol. The Morgan fingerprint density at radius 2 is 1.40 bits per heavy atom. The molecular formula is C16H32N2O2. The molecule has 0 aromatic carbocycles. The Labute approximate surface area is 124 Å². The Morgan fingerprint density at radius 3 is 1.90 bits per heavy atom. The van der Waals surface area contributed by atoms with Crippen molar-refractivity contribution in [3.8, 4) is 0 Å². The lowest BCUT2D eigenvalue weighted by Crippen LogP contribution is -2.37. The zero-order valence-corrected chi connectivity index (χ0v) is 14.0. The van der Waals surface area contributed by atoms with Gasteiger partial charge in [-0.1, -0.05) is 34.1 Å². The molecule has 2 amide bonds. The average Bonchev–Trinajstić information content (AvgIpc) is 2.37. The number of carbonyl (C=O) groups is 2. The van der Waals surface area contributed by atoms with Crippen LogP contribution in [0.15, 0.2) is 0 Å². The van der Waals surface area contributed by atoms with E-state index in [0.717, 1.165) is 25.7 Å². The summed E-state index contributed by atoms with van der Waals surface area (Å²) in [6.07, 6.45) is 3.69. The summed E-state index contributed by atoms with van der Waals surface area (Å²) < 4.78 is 0. The van der Waals surface area contributed by atoms with Gasteiger partial charge in [0.05, 0.1) is 0 Å². The third-order valence-corrected chi connectivity index (χ3v) is 3.64. The molecule has 118 valence electrons. The van der Waals surface area contributed by atoms with E-state index in [1.165, 1.54) is 0 Å². The van der Waals surface area contributed by atoms with Crippen LogP contribution in [0.3, 0.4) is 0 Å². The van der Waals surface area contributed by atoms with Gasteiger partial charge in [-0.2, -0.15) is 0 Å². The molecule has 0 aromatic heterocycles. The fourth-order valence-corrected chi connectivity index (χ4v) is 1.83. The molecule has 0 saturated heterocycles. The standard InChI is InChI=1S/C16H32N2O2/c1-7-13(5)17-16(20)12(4)9-8-10-14(6)18-15(19)11(2)3/h11-14H,7-10H2,1-6H3,(H,17,20)(H,18,19)/t12?,13-,14+/m0/s1. The summed E-state index contributed by atoms with van der Waals surface area (Å²) in [5.74, 6) is 0.299. The van der Waals surface area contributed by atoms with E-state index in [1.807, 2.05) is 34.6 Å². The van der Waals surface area contributed by atoms with Crippen molar-refractivity contribution in [3.63, 3.8) is 0 Å². The van der Waals surface area contributed by atoms with Crippen LogP contribution in [0.5, 0.6) is 0 Å². The SMILES string of the molecule is CC[C@H](C)NC(=O)C(C)CCC[C@@H](C)NC(=O)C(C)C. The summed E-state index contributed by atoms with van der Waals surface area (Å²) in [5, 5.41) is 5.99. The van der Waals surface area contributed by atoms with Crippen LogP contribution in [0.2, 0.25) is 0 Å². The zero-order chi connectivity index (χ0) is 15.7. The number of amides is 2. The molecule has 4 heteroatoms. The van der Waals surface area contributed by atoms with E-state index in [0.29, 0.717) is 0 Å². The summed E-state index contributed by atoms with van der Waals surface area (Å²) in [6.45, 7) is 11.9. The maximum atomic E-state index is 11.9. The maximum absolute atomic E-state index is 11.9. The van der Waals surface area contributed by atoms with E-state index in [-0.39, 0.29) is 35.7 Å². The molecule has 0 rings (SSSR count). The fraction of sp³-hybridized carbons (Fsp3) is 0.875. The van der Waals surface area contributed by atoms with Gasteiger partial charge in [0, 0.05) is 23.9 Å². The van der Waals surface area contributed by atoms with Gasteiger partial charge in [-0.15, -0.1) is 0 Å². The molecule has 20 heavy (non-hydrogen) atoms. The van der Waals surface area contributed by atoms with Crippen molar-refractivity contribution in [3.05, 3.63) is 0 Å². The van der Waals surface area contributed by atoms with Gasteiger partial charge in [0.25, 0.3) is 0 Å². The third kappa shape index (κ3) is 8.18. The van der Waals surface area contributed by atoms with Gasteiger partial charge < -0.3 is 10.6 Å². The number of nitrogens with one attached hydrogen (secondary N) is 2. The third-order valence-electron chi connectivity index (χ3n) is 3.64. The maximum Gasteiger partial charge on any atom is 0.223 e. The van der Waals surface area contributed by atoms with Crippen LogP contribution in [-0.2, 0) is 9.59 Å². The van der Waals surface area contributed by atoms with Gasteiger partial charge in [0.2, 0.25) is 11.8 Å². The quantitative estimate of drug-likeness (QED) is 0.684. The summed E-state index contributed by atoms with van der Waals surface area (Å²) in [4.78, 5) is 23.4. The lowest BCUT2D eigenvalue weighted by Gasteiger charge is -2.18. The predicted molar refractivity (Wildman–Crippen MR) is 83.4 cm³/mol. The van der Waals surface area contributed by atoms with Gasteiger partial charge in [0.1, 0.15) is 0 Å². The first-order chi connectivity index (χ1) is 9.27. The van der Waals surface area contributed by atoms with Crippen LogP contribution in [0.1, 0.15) is 67.2 Å². The lowest BCUT2D eigenvalue weighted by molar-refractivity contribution is -0.126. The Hall–Kier alpha value is -1.06. The highest BCUT2D eigenvalue weighted by molar-refractivity contribution is 5.78. The first kappa shape index (κ1) is 18.9. The smallest absolute Gasteiger partial charge is 0.223 e. The molecule has 2 N–H and O–H groups in total. The topological polar surface area (TPSA) is 58.2 Å². The van der Waals surface area contributed by atoms with Crippen molar-refractivity contribution in [2.45, 2.75) is 79.3 Å². The summed E-state index contributed by atoms with van der Waals surface area (Å²) in [7, 11) is 0. The van der Waals surface area contributed by atoms with Crippen LogP contribution in [0.4, 0.5) is 0 Å². The minimum atomic E-state index is 0.0256. The van der Waals surface area contributed by atoms with E-state index in [1.54, 1.807) is 0 Å². The molecule has 0 radical (unpaired) electrons. The second-order valence-electron chi connectivity index (χ2n) is 6.21. The van der Waals surface area contributed by atoms with Crippen LogP contribution in [0, 0.1) is 11.8 Å². The Bertz CT molecular complexity index is 303. The van der Waals surface area contributed by atoms with Crippen molar-refractivity contribution in [2.24, 2.45) is 11.8 Å². The number of rotatable bonds is 9. The zero-order valence-electron chi connectivity index (χ0n) is 14.0. The minimum Gasteiger partial charge on any atom is -0.353 e. The number of hydrogen-bond acceptors (Lipinski definition) is 2. The predicted octanol–water partition coefficient (Wildman–Crippen LogP) is 2.87. The molecule has 0 fully saturated rings. The second kappa shape index (κ2) is 9.78. The van der Waals surface area contributed by atoms with E-state index in [9.17, 15) is 9.59 Å².